The quantitative estimate of drug-likeness (QED) is 0.763. The molecule has 2 heterocycles. The molecule has 26 heavy (non-hydrogen) atoms. The molecule has 2 saturated heterocycles. The summed E-state index contributed by atoms with van der Waals surface area (Å²) in [6.45, 7) is 3.70. The van der Waals surface area contributed by atoms with Crippen LogP contribution in [-0.2, 0) is 16.0 Å². The molecular formula is C19H31Cl2N3O2. The number of hydrogen-bond donors (Lipinski definition) is 2. The van der Waals surface area contributed by atoms with Crippen LogP contribution >= 0.6 is 24.8 Å². The standard InChI is InChI=1S/C19H29N3O2.2ClH/c20-14-17-6-7-18(24-17)19(23)21-16-9-12-22(13-10-16)11-8-15-4-2-1-3-5-15;;/h1-5,16-18H,6-14,20H2,(H,21,23);2*1H/t17-,18+;;/m1../s1. The average Bonchev–Trinajstić information content (AvgIpc) is 3.11. The van der Waals surface area contributed by atoms with E-state index in [1.54, 1.807) is 0 Å². The zero-order valence-electron chi connectivity index (χ0n) is 15.1. The van der Waals surface area contributed by atoms with Gasteiger partial charge in [-0.1, -0.05) is 30.3 Å². The maximum absolute atomic E-state index is 12.3. The number of likely N-dealkylation sites (tertiary alicyclic amines) is 1. The second-order valence-electron chi connectivity index (χ2n) is 6.92. The van der Waals surface area contributed by atoms with Gasteiger partial charge in [0.05, 0.1) is 6.10 Å². The summed E-state index contributed by atoms with van der Waals surface area (Å²) in [6, 6.07) is 10.9. The number of halogens is 2. The molecule has 3 N–H and O–H groups in total. The maximum Gasteiger partial charge on any atom is 0.249 e. The monoisotopic (exact) mass is 403 g/mol. The lowest BCUT2D eigenvalue weighted by molar-refractivity contribution is -0.132. The van der Waals surface area contributed by atoms with Gasteiger partial charge in [0.15, 0.2) is 0 Å². The molecule has 1 aromatic carbocycles. The van der Waals surface area contributed by atoms with Crippen LogP contribution in [-0.4, -0.2) is 55.2 Å². The maximum atomic E-state index is 12.3. The summed E-state index contributed by atoms with van der Waals surface area (Å²) in [7, 11) is 0. The summed E-state index contributed by atoms with van der Waals surface area (Å²) in [5.41, 5.74) is 6.99. The van der Waals surface area contributed by atoms with E-state index >= 15 is 0 Å². The van der Waals surface area contributed by atoms with E-state index < -0.39 is 0 Å². The van der Waals surface area contributed by atoms with Gasteiger partial charge in [0.25, 0.3) is 0 Å². The van der Waals surface area contributed by atoms with E-state index in [4.69, 9.17) is 10.5 Å². The number of amides is 1. The Morgan fingerprint density at radius 3 is 2.42 bits per heavy atom. The van der Waals surface area contributed by atoms with Crippen LogP contribution in [0.1, 0.15) is 31.2 Å². The fourth-order valence-electron chi connectivity index (χ4n) is 3.60. The first-order chi connectivity index (χ1) is 11.7. The number of rotatable bonds is 6. The van der Waals surface area contributed by atoms with Crippen LogP contribution in [0.4, 0.5) is 0 Å². The number of hydrogen-bond acceptors (Lipinski definition) is 4. The number of benzene rings is 1. The first-order valence-corrected chi connectivity index (χ1v) is 9.17. The van der Waals surface area contributed by atoms with Crippen molar-refractivity contribution in [1.29, 1.82) is 0 Å². The first kappa shape index (κ1) is 23.2. The van der Waals surface area contributed by atoms with Crippen LogP contribution < -0.4 is 11.1 Å². The van der Waals surface area contributed by atoms with Gasteiger partial charge in [0.2, 0.25) is 5.91 Å². The Hall–Kier alpha value is -0.850. The molecule has 3 rings (SSSR count). The number of carbonyl (C=O) groups excluding carboxylic acids is 1. The molecule has 5 nitrogen and oxygen atoms in total. The lowest BCUT2D eigenvalue weighted by atomic mass is 10.0. The van der Waals surface area contributed by atoms with Crippen molar-refractivity contribution < 1.29 is 9.53 Å². The molecule has 0 spiro atoms. The Bertz CT molecular complexity index is 525. The Morgan fingerprint density at radius 2 is 1.81 bits per heavy atom. The normalized spacial score (nSPS) is 23.7. The van der Waals surface area contributed by atoms with Gasteiger partial charge in [0, 0.05) is 32.2 Å². The average molecular weight is 404 g/mol. The van der Waals surface area contributed by atoms with Crippen molar-refractivity contribution in [2.75, 3.05) is 26.2 Å². The van der Waals surface area contributed by atoms with E-state index in [9.17, 15) is 4.79 Å². The molecule has 1 amide bonds. The minimum atomic E-state index is -0.297. The minimum absolute atomic E-state index is 0. The molecule has 0 saturated carbocycles. The highest BCUT2D eigenvalue weighted by molar-refractivity contribution is 5.85. The van der Waals surface area contributed by atoms with Crippen LogP contribution in [0.2, 0.25) is 0 Å². The molecule has 2 atom stereocenters. The molecule has 0 unspecified atom stereocenters. The van der Waals surface area contributed by atoms with E-state index in [0.29, 0.717) is 6.54 Å². The minimum Gasteiger partial charge on any atom is -0.364 e. The molecule has 0 radical (unpaired) electrons. The largest absolute Gasteiger partial charge is 0.364 e. The van der Waals surface area contributed by atoms with E-state index in [1.807, 2.05) is 0 Å². The van der Waals surface area contributed by atoms with Crippen molar-refractivity contribution in [1.82, 2.24) is 10.2 Å². The summed E-state index contributed by atoms with van der Waals surface area (Å²) < 4.78 is 5.68. The number of ether oxygens (including phenoxy) is 1. The Kier molecular flexibility index (Phi) is 10.5. The van der Waals surface area contributed by atoms with Crippen LogP contribution in [0.15, 0.2) is 30.3 Å². The molecule has 0 aliphatic carbocycles. The van der Waals surface area contributed by atoms with Gasteiger partial charge < -0.3 is 20.7 Å². The Balaban J connectivity index is 0.00000169. The van der Waals surface area contributed by atoms with Crippen molar-refractivity contribution >= 4 is 30.7 Å². The van der Waals surface area contributed by atoms with Crippen molar-refractivity contribution in [3.63, 3.8) is 0 Å². The van der Waals surface area contributed by atoms with Crippen molar-refractivity contribution in [2.24, 2.45) is 5.73 Å². The molecular weight excluding hydrogens is 373 g/mol. The number of nitrogens with two attached hydrogens (primary N) is 1. The summed E-state index contributed by atoms with van der Waals surface area (Å²) in [5.74, 6) is 0.0497. The van der Waals surface area contributed by atoms with Gasteiger partial charge in [-0.3, -0.25) is 4.79 Å². The lowest BCUT2D eigenvalue weighted by Crippen LogP contribution is -2.48. The zero-order chi connectivity index (χ0) is 16.8. The highest BCUT2D eigenvalue weighted by atomic mass is 35.5. The van der Waals surface area contributed by atoms with Crippen molar-refractivity contribution in [3.05, 3.63) is 35.9 Å². The van der Waals surface area contributed by atoms with E-state index in [2.05, 4.69) is 40.5 Å². The van der Waals surface area contributed by atoms with Crippen LogP contribution in [0.3, 0.4) is 0 Å². The fourth-order valence-corrected chi connectivity index (χ4v) is 3.60. The second kappa shape index (κ2) is 11.8. The zero-order valence-corrected chi connectivity index (χ0v) is 16.8. The molecule has 0 aromatic heterocycles. The highest BCUT2D eigenvalue weighted by Crippen LogP contribution is 2.20. The molecule has 7 heteroatoms. The summed E-state index contributed by atoms with van der Waals surface area (Å²) in [6.07, 6.45) is 4.58. The third kappa shape index (κ3) is 6.71. The smallest absolute Gasteiger partial charge is 0.249 e. The number of nitrogens with zero attached hydrogens (tertiary/aromatic N) is 1. The predicted molar refractivity (Wildman–Crippen MR) is 109 cm³/mol. The van der Waals surface area contributed by atoms with Gasteiger partial charge in [-0.05, 0) is 37.7 Å². The third-order valence-electron chi connectivity index (χ3n) is 5.16. The van der Waals surface area contributed by atoms with Gasteiger partial charge in [-0.25, -0.2) is 0 Å². The van der Waals surface area contributed by atoms with Crippen LogP contribution in [0, 0.1) is 0 Å². The molecule has 0 bridgehead atoms. The van der Waals surface area contributed by atoms with Gasteiger partial charge in [-0.15, -0.1) is 24.8 Å². The number of carbonyl (C=O) groups is 1. The summed E-state index contributed by atoms with van der Waals surface area (Å²) in [4.78, 5) is 14.8. The fraction of sp³-hybridized carbons (Fsp3) is 0.632. The third-order valence-corrected chi connectivity index (χ3v) is 5.16. The Labute approximate surface area is 168 Å². The van der Waals surface area contributed by atoms with Crippen LogP contribution in [0.5, 0.6) is 0 Å². The Morgan fingerprint density at radius 1 is 1.12 bits per heavy atom. The van der Waals surface area contributed by atoms with Gasteiger partial charge in [-0.2, -0.15) is 0 Å². The van der Waals surface area contributed by atoms with Gasteiger partial charge >= 0.3 is 0 Å². The highest BCUT2D eigenvalue weighted by Gasteiger charge is 2.31. The SMILES string of the molecule is Cl.Cl.NC[C@H]1CC[C@@H](C(=O)NC2CCN(CCc3ccccc3)CC2)O1. The lowest BCUT2D eigenvalue weighted by Gasteiger charge is -2.32. The summed E-state index contributed by atoms with van der Waals surface area (Å²) >= 11 is 0. The molecule has 2 aliphatic heterocycles. The topological polar surface area (TPSA) is 67.6 Å². The number of piperidine rings is 1. The van der Waals surface area contributed by atoms with Crippen molar-refractivity contribution in [2.45, 2.75) is 50.4 Å². The number of nitrogens with one attached hydrogen (secondary N) is 1. The molecule has 148 valence electrons. The summed E-state index contributed by atoms with van der Waals surface area (Å²) in [5, 5.41) is 3.17. The van der Waals surface area contributed by atoms with Crippen LogP contribution in [0.25, 0.3) is 0 Å². The first-order valence-electron chi connectivity index (χ1n) is 9.17. The predicted octanol–water partition coefficient (Wildman–Crippen LogP) is 2.16. The molecule has 2 fully saturated rings. The second-order valence-corrected chi connectivity index (χ2v) is 6.92. The molecule has 1 aromatic rings. The van der Waals surface area contributed by atoms with E-state index in [1.165, 1.54) is 5.56 Å². The van der Waals surface area contributed by atoms with Gasteiger partial charge in [0.1, 0.15) is 6.10 Å². The van der Waals surface area contributed by atoms with Crippen molar-refractivity contribution in [3.8, 4) is 0 Å². The molecule has 2 aliphatic rings. The van der Waals surface area contributed by atoms with E-state index in [0.717, 1.165) is 51.7 Å². The van der Waals surface area contributed by atoms with E-state index in [-0.39, 0.29) is 49.0 Å².